The molecule has 3 heteroatoms. The van der Waals surface area contributed by atoms with Crippen LogP contribution in [-0.2, 0) is 4.79 Å². The maximum Gasteiger partial charge on any atom is 0.223 e. The van der Waals surface area contributed by atoms with Gasteiger partial charge in [0, 0.05) is 16.8 Å². The zero-order chi connectivity index (χ0) is 9.26. The Balaban J connectivity index is 1.72. The third kappa shape index (κ3) is 2.70. The van der Waals surface area contributed by atoms with Crippen LogP contribution in [0.25, 0.3) is 0 Å². The molecule has 0 aromatic heterocycles. The van der Waals surface area contributed by atoms with Crippen LogP contribution in [0.3, 0.4) is 0 Å². The van der Waals surface area contributed by atoms with Crippen LogP contribution in [0.4, 0.5) is 0 Å². The number of carbonyl (C=O) groups is 1. The quantitative estimate of drug-likeness (QED) is 0.743. The summed E-state index contributed by atoms with van der Waals surface area (Å²) in [4.78, 5) is 12.1. The van der Waals surface area contributed by atoms with Gasteiger partial charge in [-0.15, -0.1) is 0 Å². The first-order valence-corrected chi connectivity index (χ1v) is 6.11. The van der Waals surface area contributed by atoms with Crippen LogP contribution in [0.5, 0.6) is 0 Å². The lowest BCUT2D eigenvalue weighted by Gasteiger charge is -2.25. The molecule has 0 unspecified atom stereocenters. The predicted octanol–water partition coefficient (Wildman–Crippen LogP) is 2.22. The fourth-order valence-electron chi connectivity index (χ4n) is 1.86. The average Bonchev–Trinajstić information content (AvgIpc) is 2.91. The van der Waals surface area contributed by atoms with Crippen LogP contribution in [0.2, 0.25) is 0 Å². The molecule has 0 aromatic rings. The molecule has 0 aromatic carbocycles. The monoisotopic (exact) mass is 245 g/mol. The highest BCUT2D eigenvalue weighted by Gasteiger charge is 2.31. The summed E-state index contributed by atoms with van der Waals surface area (Å²) < 4.78 is 0. The molecule has 2 aliphatic rings. The van der Waals surface area contributed by atoms with Gasteiger partial charge in [-0.25, -0.2) is 0 Å². The van der Waals surface area contributed by atoms with E-state index in [4.69, 9.17) is 0 Å². The third-order valence-corrected chi connectivity index (χ3v) is 3.87. The van der Waals surface area contributed by atoms with Gasteiger partial charge in [0.2, 0.25) is 5.91 Å². The Labute approximate surface area is 87.6 Å². The van der Waals surface area contributed by atoms with E-state index in [-0.39, 0.29) is 0 Å². The van der Waals surface area contributed by atoms with E-state index >= 15 is 0 Å². The van der Waals surface area contributed by atoms with E-state index in [0.29, 0.717) is 22.7 Å². The number of carbonyl (C=O) groups excluding carboxylic acids is 1. The Kier molecular flexibility index (Phi) is 2.92. The molecule has 13 heavy (non-hydrogen) atoms. The summed E-state index contributed by atoms with van der Waals surface area (Å²) in [5, 5.41) is 3.14. The van der Waals surface area contributed by atoms with Crippen molar-refractivity contribution in [1.82, 2.24) is 5.32 Å². The molecule has 2 nitrogen and oxygen atoms in total. The largest absolute Gasteiger partial charge is 0.353 e. The minimum atomic E-state index is 0.304. The Morgan fingerprint density at radius 1 is 1.08 bits per heavy atom. The van der Waals surface area contributed by atoms with Crippen LogP contribution in [-0.4, -0.2) is 16.8 Å². The molecule has 0 atom stereocenters. The van der Waals surface area contributed by atoms with E-state index in [1.165, 1.54) is 12.8 Å². The number of amides is 1. The van der Waals surface area contributed by atoms with Crippen LogP contribution in [0.1, 0.15) is 38.5 Å². The molecule has 2 rings (SSSR count). The van der Waals surface area contributed by atoms with Gasteiger partial charge in [-0.05, 0) is 38.5 Å². The predicted molar refractivity (Wildman–Crippen MR) is 55.8 cm³/mol. The molecule has 0 aliphatic heterocycles. The molecule has 1 amide bonds. The first-order chi connectivity index (χ1) is 6.25. The molecule has 0 bridgehead atoms. The van der Waals surface area contributed by atoms with Gasteiger partial charge in [0.1, 0.15) is 0 Å². The molecule has 0 heterocycles. The van der Waals surface area contributed by atoms with Crippen molar-refractivity contribution in [1.29, 1.82) is 0 Å². The fourth-order valence-corrected chi connectivity index (χ4v) is 2.39. The van der Waals surface area contributed by atoms with Gasteiger partial charge in [-0.2, -0.15) is 0 Å². The van der Waals surface area contributed by atoms with Crippen molar-refractivity contribution in [2.75, 3.05) is 0 Å². The van der Waals surface area contributed by atoms with Gasteiger partial charge in [-0.3, -0.25) is 4.79 Å². The van der Waals surface area contributed by atoms with Gasteiger partial charge >= 0.3 is 0 Å². The summed E-state index contributed by atoms with van der Waals surface area (Å²) in [7, 11) is 0. The molecular formula is C10H16BrNO. The first kappa shape index (κ1) is 9.50. The second-order valence-corrected chi connectivity index (χ2v) is 5.53. The second-order valence-electron chi connectivity index (χ2n) is 4.23. The summed E-state index contributed by atoms with van der Waals surface area (Å²) >= 11 is 3.61. The van der Waals surface area contributed by atoms with Gasteiger partial charge in [0.25, 0.3) is 0 Å². The summed E-state index contributed by atoms with van der Waals surface area (Å²) in [5.41, 5.74) is 0. The maximum atomic E-state index is 11.4. The molecule has 2 aliphatic carbocycles. The molecule has 1 N–H and O–H groups in total. The van der Waals surface area contributed by atoms with Gasteiger partial charge in [-0.1, -0.05) is 15.9 Å². The zero-order valence-corrected chi connectivity index (χ0v) is 9.35. The van der Waals surface area contributed by atoms with Crippen LogP contribution >= 0.6 is 15.9 Å². The minimum Gasteiger partial charge on any atom is -0.353 e. The first-order valence-electron chi connectivity index (χ1n) is 5.20. The van der Waals surface area contributed by atoms with E-state index in [9.17, 15) is 4.79 Å². The summed E-state index contributed by atoms with van der Waals surface area (Å²) in [6.07, 6.45) is 6.92. The number of rotatable bonds is 2. The highest BCUT2D eigenvalue weighted by molar-refractivity contribution is 9.09. The van der Waals surface area contributed by atoms with E-state index in [1.807, 2.05) is 0 Å². The highest BCUT2D eigenvalue weighted by atomic mass is 79.9. The van der Waals surface area contributed by atoms with Crippen molar-refractivity contribution in [3.05, 3.63) is 0 Å². The Hall–Kier alpha value is -0.0500. The van der Waals surface area contributed by atoms with Gasteiger partial charge in [0.05, 0.1) is 0 Å². The summed E-state index contributed by atoms with van der Waals surface area (Å²) in [6.45, 7) is 0. The fraction of sp³-hybridized carbons (Fsp3) is 0.900. The lowest BCUT2D eigenvalue weighted by Crippen LogP contribution is -2.38. The van der Waals surface area contributed by atoms with Crippen molar-refractivity contribution in [3.63, 3.8) is 0 Å². The van der Waals surface area contributed by atoms with Gasteiger partial charge in [0.15, 0.2) is 0 Å². The number of alkyl halides is 1. The number of nitrogens with one attached hydrogen (secondary N) is 1. The van der Waals surface area contributed by atoms with E-state index in [2.05, 4.69) is 21.2 Å². The third-order valence-electron chi connectivity index (χ3n) is 2.95. The highest BCUT2D eigenvalue weighted by Crippen LogP contribution is 2.30. The Bertz CT molecular complexity index is 195. The second kappa shape index (κ2) is 3.99. The van der Waals surface area contributed by atoms with E-state index in [1.54, 1.807) is 0 Å². The lowest BCUT2D eigenvalue weighted by molar-refractivity contribution is -0.123. The molecule has 74 valence electrons. The SMILES string of the molecule is O=C(NC1CCC(Br)CC1)C1CC1. The molecule has 0 spiro atoms. The maximum absolute atomic E-state index is 11.4. The van der Waals surface area contributed by atoms with E-state index in [0.717, 1.165) is 25.7 Å². The lowest BCUT2D eigenvalue weighted by atomic mass is 9.95. The normalized spacial score (nSPS) is 34.2. The molecule has 0 radical (unpaired) electrons. The van der Waals surface area contributed by atoms with Crippen molar-refractivity contribution in [3.8, 4) is 0 Å². The topological polar surface area (TPSA) is 29.1 Å². The number of halogens is 1. The van der Waals surface area contributed by atoms with Crippen LogP contribution in [0, 0.1) is 5.92 Å². The summed E-state index contributed by atoms with van der Waals surface area (Å²) in [5.74, 6) is 0.666. The smallest absolute Gasteiger partial charge is 0.223 e. The van der Waals surface area contributed by atoms with Crippen LogP contribution in [0.15, 0.2) is 0 Å². The summed E-state index contributed by atoms with van der Waals surface area (Å²) in [6, 6.07) is 0.460. The Morgan fingerprint density at radius 3 is 2.23 bits per heavy atom. The van der Waals surface area contributed by atoms with Crippen molar-refractivity contribution >= 4 is 21.8 Å². The van der Waals surface area contributed by atoms with Crippen molar-refractivity contribution < 1.29 is 4.79 Å². The number of hydrogen-bond acceptors (Lipinski definition) is 1. The van der Waals surface area contributed by atoms with E-state index < -0.39 is 0 Å². The zero-order valence-electron chi connectivity index (χ0n) is 7.76. The Morgan fingerprint density at radius 2 is 1.69 bits per heavy atom. The minimum absolute atomic E-state index is 0.304. The van der Waals surface area contributed by atoms with Crippen molar-refractivity contribution in [2.45, 2.75) is 49.4 Å². The molecular weight excluding hydrogens is 230 g/mol. The average molecular weight is 246 g/mol. The molecule has 0 saturated heterocycles. The number of hydrogen-bond donors (Lipinski definition) is 1. The molecule has 2 fully saturated rings. The van der Waals surface area contributed by atoms with Gasteiger partial charge < -0.3 is 5.32 Å². The standard InChI is InChI=1S/C10H16BrNO/c11-8-3-5-9(6-4-8)12-10(13)7-1-2-7/h7-9H,1-6H2,(H,12,13). The molecule has 2 saturated carbocycles. The van der Waals surface area contributed by atoms with Crippen LogP contribution < -0.4 is 5.32 Å². The van der Waals surface area contributed by atoms with Crippen molar-refractivity contribution in [2.24, 2.45) is 5.92 Å².